The number of nitrogens with zero attached hydrogens (tertiary/aromatic N) is 1. The smallest absolute Gasteiger partial charge is 0 e. The molecular formula is C4H8NW-. The fraction of sp³-hybridized carbons (Fsp3) is 0.750. The van der Waals surface area contributed by atoms with Crippen molar-refractivity contribution in [3.05, 3.63) is 6.42 Å². The standard InChI is InChI=1S/C4H8N.W/c1-5-3-2-4-5;/h2H,3-4H2,1H3;/q-1;. The Kier molecular flexibility index (Phi) is 3.06. The largest absolute Gasteiger partial charge is 0.365 e. The fourth-order valence-electron chi connectivity index (χ4n) is 0.387. The molecule has 1 aliphatic rings. The van der Waals surface area contributed by atoms with E-state index in [1.807, 2.05) is 0 Å². The predicted octanol–water partition coefficient (Wildman–Crippen LogP) is 0.134. The summed E-state index contributed by atoms with van der Waals surface area (Å²) < 4.78 is 0. The van der Waals surface area contributed by atoms with Crippen LogP contribution in [0.15, 0.2) is 0 Å². The Labute approximate surface area is 53.0 Å². The summed E-state index contributed by atoms with van der Waals surface area (Å²) in [5.74, 6) is 0. The minimum atomic E-state index is 0. The predicted molar refractivity (Wildman–Crippen MR) is 21.8 cm³/mol. The monoisotopic (exact) mass is 254 g/mol. The molecule has 1 heterocycles. The molecule has 36 valence electrons. The Morgan fingerprint density at radius 1 is 1.50 bits per heavy atom. The SMILES string of the molecule is CN1C[CH-]C1.[W]. The molecule has 2 heteroatoms. The van der Waals surface area contributed by atoms with Crippen molar-refractivity contribution in [1.82, 2.24) is 4.90 Å². The maximum absolute atomic E-state index is 2.25. The van der Waals surface area contributed by atoms with Crippen LogP contribution < -0.4 is 0 Å². The fourth-order valence-corrected chi connectivity index (χ4v) is 0.387. The zero-order valence-electron chi connectivity index (χ0n) is 3.85. The van der Waals surface area contributed by atoms with E-state index in [1.54, 1.807) is 0 Å². The molecule has 0 aromatic heterocycles. The molecule has 0 aromatic carbocycles. The van der Waals surface area contributed by atoms with Crippen LogP contribution in [0.3, 0.4) is 0 Å². The van der Waals surface area contributed by atoms with Crippen LogP contribution in [-0.2, 0) is 21.1 Å². The zero-order chi connectivity index (χ0) is 3.70. The molecule has 0 radical (unpaired) electrons. The number of likely N-dealkylation sites (tertiary alicyclic amines) is 1. The van der Waals surface area contributed by atoms with Gasteiger partial charge in [-0.3, -0.25) is 0 Å². The Hall–Kier alpha value is 0.648. The van der Waals surface area contributed by atoms with Crippen LogP contribution in [0.5, 0.6) is 0 Å². The van der Waals surface area contributed by atoms with E-state index in [4.69, 9.17) is 0 Å². The van der Waals surface area contributed by atoms with Gasteiger partial charge in [-0.05, 0) is 7.05 Å². The summed E-state index contributed by atoms with van der Waals surface area (Å²) in [6.07, 6.45) is 2.25. The third-order valence-corrected chi connectivity index (χ3v) is 0.882. The van der Waals surface area contributed by atoms with Crippen LogP contribution in [0, 0.1) is 6.42 Å². The van der Waals surface area contributed by atoms with E-state index < -0.39 is 0 Å². The minimum Gasteiger partial charge on any atom is -0.365 e. The minimum absolute atomic E-state index is 0. The van der Waals surface area contributed by atoms with Crippen LogP contribution >= 0.6 is 0 Å². The van der Waals surface area contributed by atoms with Gasteiger partial charge >= 0.3 is 0 Å². The van der Waals surface area contributed by atoms with Gasteiger partial charge in [-0.2, -0.15) is 0 Å². The second kappa shape index (κ2) is 2.76. The van der Waals surface area contributed by atoms with Gasteiger partial charge in [-0.25, -0.2) is 0 Å². The Morgan fingerprint density at radius 2 is 1.83 bits per heavy atom. The van der Waals surface area contributed by atoms with Gasteiger partial charge < -0.3 is 11.3 Å². The average Bonchev–Trinajstić information content (AvgIpc) is 1.30. The molecule has 0 amide bonds. The van der Waals surface area contributed by atoms with E-state index in [9.17, 15) is 0 Å². The molecule has 0 unspecified atom stereocenters. The summed E-state index contributed by atoms with van der Waals surface area (Å²) in [6.45, 7) is 2.39. The van der Waals surface area contributed by atoms with Crippen LogP contribution in [-0.4, -0.2) is 25.0 Å². The van der Waals surface area contributed by atoms with Crippen LogP contribution in [0.1, 0.15) is 0 Å². The van der Waals surface area contributed by atoms with Gasteiger partial charge in [0, 0.05) is 21.1 Å². The molecule has 1 aliphatic heterocycles. The van der Waals surface area contributed by atoms with E-state index in [1.165, 1.54) is 13.1 Å². The molecule has 0 spiro atoms. The molecule has 1 nitrogen and oxygen atoms in total. The first-order valence-corrected chi connectivity index (χ1v) is 1.90. The van der Waals surface area contributed by atoms with E-state index in [0.29, 0.717) is 0 Å². The summed E-state index contributed by atoms with van der Waals surface area (Å²) in [5.41, 5.74) is 0. The van der Waals surface area contributed by atoms with Crippen molar-refractivity contribution in [2.75, 3.05) is 20.1 Å². The molecule has 1 fully saturated rings. The van der Waals surface area contributed by atoms with Crippen molar-refractivity contribution < 1.29 is 21.1 Å². The third-order valence-electron chi connectivity index (χ3n) is 0.882. The average molecular weight is 254 g/mol. The molecule has 1 saturated heterocycles. The normalized spacial score (nSPS) is 21.5. The number of rotatable bonds is 0. The van der Waals surface area contributed by atoms with Gasteiger partial charge in [-0.1, -0.05) is 0 Å². The van der Waals surface area contributed by atoms with Crippen molar-refractivity contribution in [2.45, 2.75) is 0 Å². The number of hydrogen-bond donors (Lipinski definition) is 0. The van der Waals surface area contributed by atoms with E-state index in [-0.39, 0.29) is 21.1 Å². The van der Waals surface area contributed by atoms with Gasteiger partial charge in [0.15, 0.2) is 0 Å². The van der Waals surface area contributed by atoms with E-state index >= 15 is 0 Å². The van der Waals surface area contributed by atoms with E-state index in [2.05, 4.69) is 18.4 Å². The first-order chi connectivity index (χ1) is 2.39. The van der Waals surface area contributed by atoms with Crippen LogP contribution in [0.25, 0.3) is 0 Å². The molecule has 0 aromatic rings. The maximum atomic E-state index is 2.25. The quantitative estimate of drug-likeness (QED) is 0.555. The molecule has 0 aliphatic carbocycles. The molecule has 0 bridgehead atoms. The molecule has 1 rings (SSSR count). The summed E-state index contributed by atoms with van der Waals surface area (Å²) in [6, 6.07) is 0. The second-order valence-electron chi connectivity index (χ2n) is 1.51. The first kappa shape index (κ1) is 6.65. The van der Waals surface area contributed by atoms with Gasteiger partial charge in [0.05, 0.1) is 0 Å². The summed E-state index contributed by atoms with van der Waals surface area (Å²) in [5, 5.41) is 0. The Bertz CT molecular complexity index is 34.5. The van der Waals surface area contributed by atoms with Crippen molar-refractivity contribution >= 4 is 0 Å². The van der Waals surface area contributed by atoms with Gasteiger partial charge in [-0.15, -0.1) is 13.1 Å². The first-order valence-electron chi connectivity index (χ1n) is 1.90. The van der Waals surface area contributed by atoms with Gasteiger partial charge in [0.1, 0.15) is 0 Å². The van der Waals surface area contributed by atoms with Crippen LogP contribution in [0.2, 0.25) is 0 Å². The summed E-state index contributed by atoms with van der Waals surface area (Å²) in [4.78, 5) is 2.25. The van der Waals surface area contributed by atoms with Crippen molar-refractivity contribution in [3.63, 3.8) is 0 Å². The Balaban J connectivity index is 0.000000250. The van der Waals surface area contributed by atoms with Crippen molar-refractivity contribution in [2.24, 2.45) is 0 Å². The molecule has 0 N–H and O–H groups in total. The van der Waals surface area contributed by atoms with E-state index in [0.717, 1.165) is 0 Å². The van der Waals surface area contributed by atoms with Crippen LogP contribution in [0.4, 0.5) is 0 Å². The molecular weight excluding hydrogens is 246 g/mol. The topological polar surface area (TPSA) is 3.24 Å². The molecule has 0 saturated carbocycles. The summed E-state index contributed by atoms with van der Waals surface area (Å²) >= 11 is 0. The summed E-state index contributed by atoms with van der Waals surface area (Å²) in [7, 11) is 2.11. The number of hydrogen-bond acceptors (Lipinski definition) is 1. The maximum Gasteiger partial charge on any atom is 0 e. The molecule has 0 atom stereocenters. The Morgan fingerprint density at radius 3 is 1.83 bits per heavy atom. The second-order valence-corrected chi connectivity index (χ2v) is 1.51. The van der Waals surface area contributed by atoms with Crippen molar-refractivity contribution in [1.29, 1.82) is 0 Å². The van der Waals surface area contributed by atoms with Crippen molar-refractivity contribution in [3.8, 4) is 0 Å². The third kappa shape index (κ3) is 1.40. The molecule has 6 heavy (non-hydrogen) atoms. The van der Waals surface area contributed by atoms with Gasteiger partial charge in [0.25, 0.3) is 0 Å². The zero-order valence-corrected chi connectivity index (χ0v) is 6.78. The van der Waals surface area contributed by atoms with Gasteiger partial charge in [0.2, 0.25) is 0 Å².